The van der Waals surface area contributed by atoms with Gasteiger partial charge in [0.25, 0.3) is 0 Å². The van der Waals surface area contributed by atoms with Crippen LogP contribution in [0.15, 0.2) is 32.3 Å². The smallest absolute Gasteiger partial charge is 0.408 e. The third kappa shape index (κ3) is 3.03. The van der Waals surface area contributed by atoms with E-state index in [4.69, 9.17) is 9.15 Å². The van der Waals surface area contributed by atoms with Gasteiger partial charge in [-0.25, -0.2) is 17.9 Å². The molecule has 104 valence electrons. The molecule has 1 aromatic carbocycles. The largest absolute Gasteiger partial charge is 0.417 e. The zero-order valence-corrected chi connectivity index (χ0v) is 11.3. The molecule has 0 aliphatic carbocycles. The second-order valence-corrected chi connectivity index (χ2v) is 5.86. The number of fused-ring (bicyclic) bond motifs is 1. The van der Waals surface area contributed by atoms with Crippen molar-refractivity contribution in [1.82, 2.24) is 9.71 Å². The molecule has 0 saturated carbocycles. The molecule has 0 aliphatic heterocycles. The Labute approximate surface area is 109 Å². The number of hydrogen-bond acceptors (Lipinski definition) is 5. The molecule has 2 aromatic rings. The number of methoxy groups -OCH3 is 1. The monoisotopic (exact) mass is 286 g/mol. The molecule has 0 aliphatic rings. The minimum atomic E-state index is -3.67. The Balaban J connectivity index is 2.34. The summed E-state index contributed by atoms with van der Waals surface area (Å²) < 4.78 is 36.3. The molecule has 0 amide bonds. The number of aromatic nitrogens is 1. The van der Waals surface area contributed by atoms with E-state index in [-0.39, 0.29) is 23.1 Å². The molecule has 0 unspecified atom stereocenters. The summed E-state index contributed by atoms with van der Waals surface area (Å²) in [4.78, 5) is 13.5. The summed E-state index contributed by atoms with van der Waals surface area (Å²) in [6, 6.07) is 3.82. The molecule has 0 fully saturated rings. The van der Waals surface area contributed by atoms with Crippen LogP contribution in [0.4, 0.5) is 0 Å². The van der Waals surface area contributed by atoms with Crippen molar-refractivity contribution < 1.29 is 17.6 Å². The van der Waals surface area contributed by atoms with Crippen LogP contribution in [0.25, 0.3) is 11.1 Å². The van der Waals surface area contributed by atoms with Crippen LogP contribution in [0.3, 0.4) is 0 Å². The van der Waals surface area contributed by atoms with Crippen LogP contribution in [-0.2, 0) is 14.8 Å². The molecule has 8 heteroatoms. The van der Waals surface area contributed by atoms with Crippen molar-refractivity contribution in [2.24, 2.45) is 0 Å². The first-order valence-corrected chi connectivity index (χ1v) is 7.05. The summed E-state index contributed by atoms with van der Waals surface area (Å²) in [5.41, 5.74) is 0.654. The first-order valence-electron chi connectivity index (χ1n) is 5.56. The molecule has 0 saturated heterocycles. The average molecular weight is 286 g/mol. The number of aromatic amines is 1. The molecule has 0 spiro atoms. The maximum absolute atomic E-state index is 12.1. The Morgan fingerprint density at radius 3 is 2.89 bits per heavy atom. The highest BCUT2D eigenvalue weighted by Crippen LogP contribution is 2.16. The van der Waals surface area contributed by atoms with Gasteiger partial charge in [-0.1, -0.05) is 0 Å². The zero-order valence-electron chi connectivity index (χ0n) is 10.5. The summed E-state index contributed by atoms with van der Waals surface area (Å²) in [5, 5.41) is 0. The summed E-state index contributed by atoms with van der Waals surface area (Å²) in [7, 11) is -2.18. The second kappa shape index (κ2) is 5.16. The lowest BCUT2D eigenvalue weighted by atomic mass is 10.3. The third-order valence-corrected chi connectivity index (χ3v) is 4.06. The molecule has 2 N–H and O–H groups in total. The number of nitrogens with one attached hydrogen (secondary N) is 2. The fourth-order valence-electron chi connectivity index (χ4n) is 1.71. The van der Waals surface area contributed by atoms with Gasteiger partial charge in [0.2, 0.25) is 10.0 Å². The standard InChI is InChI=1S/C11H14N2O5S/c1-7(6-17-2)13-19(15,16)8-3-4-9-10(5-8)18-11(14)12-9/h3-5,7,13H,6H2,1-2H3,(H,12,14)/t7-/m1/s1. The fourth-order valence-corrected chi connectivity index (χ4v) is 2.95. The van der Waals surface area contributed by atoms with Gasteiger partial charge in [0.05, 0.1) is 17.0 Å². The van der Waals surface area contributed by atoms with Crippen LogP contribution < -0.4 is 10.5 Å². The normalized spacial score (nSPS) is 13.8. The van der Waals surface area contributed by atoms with Crippen molar-refractivity contribution in [2.75, 3.05) is 13.7 Å². The topological polar surface area (TPSA) is 101 Å². The molecule has 7 nitrogen and oxygen atoms in total. The van der Waals surface area contributed by atoms with Crippen LogP contribution in [0.1, 0.15) is 6.92 Å². The molecule has 0 bridgehead atoms. The number of sulfonamides is 1. The molecular weight excluding hydrogens is 272 g/mol. The highest BCUT2D eigenvalue weighted by atomic mass is 32.2. The van der Waals surface area contributed by atoms with E-state index in [1.165, 1.54) is 25.3 Å². The van der Waals surface area contributed by atoms with Crippen molar-refractivity contribution in [2.45, 2.75) is 17.9 Å². The van der Waals surface area contributed by atoms with Crippen molar-refractivity contribution >= 4 is 21.1 Å². The highest BCUT2D eigenvalue weighted by Gasteiger charge is 2.18. The van der Waals surface area contributed by atoms with E-state index in [0.717, 1.165) is 0 Å². The van der Waals surface area contributed by atoms with Gasteiger partial charge in [0.1, 0.15) is 0 Å². The number of ether oxygens (including phenoxy) is 1. The van der Waals surface area contributed by atoms with E-state index in [9.17, 15) is 13.2 Å². The number of H-pyrrole nitrogens is 1. The quantitative estimate of drug-likeness (QED) is 0.830. The Morgan fingerprint density at radius 2 is 2.21 bits per heavy atom. The lowest BCUT2D eigenvalue weighted by Crippen LogP contribution is -2.35. The Bertz CT molecular complexity index is 731. The number of oxazole rings is 1. The van der Waals surface area contributed by atoms with E-state index < -0.39 is 15.8 Å². The van der Waals surface area contributed by atoms with E-state index in [1.54, 1.807) is 6.92 Å². The van der Waals surface area contributed by atoms with Crippen LogP contribution in [0.2, 0.25) is 0 Å². The lowest BCUT2D eigenvalue weighted by Gasteiger charge is -2.12. The summed E-state index contributed by atoms with van der Waals surface area (Å²) in [6.45, 7) is 1.96. The molecule has 1 atom stereocenters. The van der Waals surface area contributed by atoms with Gasteiger partial charge in [-0.15, -0.1) is 0 Å². The van der Waals surface area contributed by atoms with Crippen LogP contribution >= 0.6 is 0 Å². The molecule has 1 aromatic heterocycles. The van der Waals surface area contributed by atoms with E-state index in [0.29, 0.717) is 5.52 Å². The van der Waals surface area contributed by atoms with Gasteiger partial charge in [0.15, 0.2) is 5.58 Å². The van der Waals surface area contributed by atoms with Crippen LogP contribution in [0.5, 0.6) is 0 Å². The molecule has 0 radical (unpaired) electrons. The summed E-state index contributed by atoms with van der Waals surface area (Å²) in [6.07, 6.45) is 0. The number of benzene rings is 1. The lowest BCUT2D eigenvalue weighted by molar-refractivity contribution is 0.180. The second-order valence-electron chi connectivity index (χ2n) is 4.15. The van der Waals surface area contributed by atoms with E-state index in [2.05, 4.69) is 9.71 Å². The minimum absolute atomic E-state index is 0.0331. The van der Waals surface area contributed by atoms with Gasteiger partial charge in [-0.05, 0) is 19.1 Å². The van der Waals surface area contributed by atoms with Crippen LogP contribution in [0, 0.1) is 0 Å². The van der Waals surface area contributed by atoms with Crippen molar-refractivity contribution in [3.05, 3.63) is 28.7 Å². The zero-order chi connectivity index (χ0) is 14.0. The third-order valence-electron chi connectivity index (χ3n) is 2.48. The Morgan fingerprint density at radius 1 is 1.47 bits per heavy atom. The Hall–Kier alpha value is -1.64. The maximum atomic E-state index is 12.1. The van der Waals surface area contributed by atoms with Gasteiger partial charge >= 0.3 is 5.76 Å². The highest BCUT2D eigenvalue weighted by molar-refractivity contribution is 7.89. The summed E-state index contributed by atoms with van der Waals surface area (Å²) in [5.74, 6) is -0.620. The van der Waals surface area contributed by atoms with Crippen molar-refractivity contribution in [3.63, 3.8) is 0 Å². The molecular formula is C11H14N2O5S. The predicted molar refractivity (Wildman–Crippen MR) is 68.5 cm³/mol. The SMILES string of the molecule is COC[C@@H](C)NS(=O)(=O)c1ccc2[nH]c(=O)oc2c1. The van der Waals surface area contributed by atoms with Gasteiger partial charge < -0.3 is 9.15 Å². The van der Waals surface area contributed by atoms with E-state index in [1.807, 2.05) is 0 Å². The number of rotatable bonds is 5. The molecule has 1 heterocycles. The number of hydrogen-bond donors (Lipinski definition) is 2. The summed E-state index contributed by atoms with van der Waals surface area (Å²) >= 11 is 0. The Kier molecular flexibility index (Phi) is 3.74. The first-order chi connectivity index (χ1) is 8.92. The average Bonchev–Trinajstić information content (AvgIpc) is 2.67. The van der Waals surface area contributed by atoms with E-state index >= 15 is 0 Å². The molecule has 2 rings (SSSR count). The van der Waals surface area contributed by atoms with Crippen LogP contribution in [-0.4, -0.2) is 33.2 Å². The first kappa shape index (κ1) is 13.8. The van der Waals surface area contributed by atoms with Crippen molar-refractivity contribution in [3.8, 4) is 0 Å². The molecule has 19 heavy (non-hydrogen) atoms. The van der Waals surface area contributed by atoms with Gasteiger partial charge in [-0.3, -0.25) is 4.98 Å². The van der Waals surface area contributed by atoms with Crippen molar-refractivity contribution in [1.29, 1.82) is 0 Å². The van der Waals surface area contributed by atoms with Gasteiger partial charge in [-0.2, -0.15) is 0 Å². The fraction of sp³-hybridized carbons (Fsp3) is 0.364. The minimum Gasteiger partial charge on any atom is -0.408 e. The predicted octanol–water partition coefficient (Wildman–Crippen LogP) is 0.434. The van der Waals surface area contributed by atoms with Gasteiger partial charge in [0, 0.05) is 19.2 Å². The maximum Gasteiger partial charge on any atom is 0.417 e.